The molecular formula is C16H15BrO2S. The van der Waals surface area contributed by atoms with E-state index in [0.29, 0.717) is 11.3 Å². The summed E-state index contributed by atoms with van der Waals surface area (Å²) in [5.74, 6) is 1.27. The van der Waals surface area contributed by atoms with Crippen molar-refractivity contribution in [2.45, 2.75) is 11.8 Å². The molecule has 0 atom stereocenters. The number of halogens is 1. The Labute approximate surface area is 131 Å². The molecule has 0 heterocycles. The number of Topliss-reactive ketones (excluding diaryl/α,β-unsaturated/α-hetero) is 1. The number of hydrogen-bond donors (Lipinski definition) is 0. The monoisotopic (exact) mass is 350 g/mol. The summed E-state index contributed by atoms with van der Waals surface area (Å²) in [6, 6.07) is 13.6. The number of hydrogen-bond acceptors (Lipinski definition) is 3. The quantitative estimate of drug-likeness (QED) is 0.575. The van der Waals surface area contributed by atoms with Crippen LogP contribution in [0.5, 0.6) is 5.75 Å². The number of methoxy groups -OCH3 is 1. The molecule has 0 radical (unpaired) electrons. The van der Waals surface area contributed by atoms with E-state index in [1.165, 1.54) is 5.56 Å². The van der Waals surface area contributed by atoms with Crippen LogP contribution in [0.25, 0.3) is 0 Å². The third-order valence-corrected chi connectivity index (χ3v) is 4.45. The zero-order chi connectivity index (χ0) is 14.5. The van der Waals surface area contributed by atoms with Crippen LogP contribution in [0.15, 0.2) is 51.8 Å². The van der Waals surface area contributed by atoms with Crippen LogP contribution in [0.1, 0.15) is 15.9 Å². The van der Waals surface area contributed by atoms with E-state index in [9.17, 15) is 4.79 Å². The molecule has 0 aliphatic rings. The number of carbonyl (C=O) groups excluding carboxylic acids is 1. The van der Waals surface area contributed by atoms with Crippen molar-refractivity contribution in [2.24, 2.45) is 0 Å². The first-order valence-electron chi connectivity index (χ1n) is 6.16. The second kappa shape index (κ2) is 6.95. The molecular weight excluding hydrogens is 336 g/mol. The lowest BCUT2D eigenvalue weighted by Gasteiger charge is -2.06. The summed E-state index contributed by atoms with van der Waals surface area (Å²) < 4.78 is 5.96. The van der Waals surface area contributed by atoms with E-state index in [2.05, 4.69) is 22.0 Å². The summed E-state index contributed by atoms with van der Waals surface area (Å²) in [6.45, 7) is 2.05. The van der Waals surface area contributed by atoms with Gasteiger partial charge in [-0.3, -0.25) is 4.79 Å². The summed E-state index contributed by atoms with van der Waals surface area (Å²) in [6.07, 6.45) is 0. The summed E-state index contributed by atoms with van der Waals surface area (Å²) in [5.41, 5.74) is 1.90. The standard InChI is InChI=1S/C16H15BrO2S/c1-11-4-3-5-13(8-11)20-10-15(18)12-6-7-16(19-2)14(17)9-12/h3-9H,10H2,1-2H3. The zero-order valence-corrected chi connectivity index (χ0v) is 13.8. The minimum Gasteiger partial charge on any atom is -0.496 e. The van der Waals surface area contributed by atoms with Crippen molar-refractivity contribution in [3.63, 3.8) is 0 Å². The van der Waals surface area contributed by atoms with Crippen LogP contribution in [0.4, 0.5) is 0 Å². The third kappa shape index (κ3) is 3.87. The highest BCUT2D eigenvalue weighted by atomic mass is 79.9. The average Bonchev–Trinajstić information content (AvgIpc) is 2.44. The van der Waals surface area contributed by atoms with Crippen LogP contribution >= 0.6 is 27.7 Å². The summed E-state index contributed by atoms with van der Waals surface area (Å²) in [7, 11) is 1.61. The number of carbonyl (C=O) groups is 1. The van der Waals surface area contributed by atoms with Gasteiger partial charge in [-0.05, 0) is 53.2 Å². The van der Waals surface area contributed by atoms with Crippen molar-refractivity contribution >= 4 is 33.5 Å². The Bertz CT molecular complexity index is 626. The van der Waals surface area contributed by atoms with Crippen molar-refractivity contribution in [2.75, 3.05) is 12.9 Å². The van der Waals surface area contributed by atoms with Gasteiger partial charge in [0.1, 0.15) is 5.75 Å². The Hall–Kier alpha value is -1.26. The second-order valence-electron chi connectivity index (χ2n) is 4.38. The van der Waals surface area contributed by atoms with Crippen molar-refractivity contribution in [3.05, 3.63) is 58.1 Å². The van der Waals surface area contributed by atoms with Gasteiger partial charge in [-0.15, -0.1) is 11.8 Å². The van der Waals surface area contributed by atoms with E-state index in [-0.39, 0.29) is 5.78 Å². The molecule has 0 N–H and O–H groups in total. The minimum absolute atomic E-state index is 0.111. The molecule has 0 saturated carbocycles. The summed E-state index contributed by atoms with van der Waals surface area (Å²) in [4.78, 5) is 13.3. The van der Waals surface area contributed by atoms with Gasteiger partial charge in [0.15, 0.2) is 5.78 Å². The lowest BCUT2D eigenvalue weighted by Crippen LogP contribution is -2.02. The molecule has 2 rings (SSSR count). The van der Waals surface area contributed by atoms with Gasteiger partial charge in [-0.1, -0.05) is 17.7 Å². The number of rotatable bonds is 5. The molecule has 20 heavy (non-hydrogen) atoms. The second-order valence-corrected chi connectivity index (χ2v) is 6.28. The average molecular weight is 351 g/mol. The summed E-state index contributed by atoms with van der Waals surface area (Å²) >= 11 is 4.95. The van der Waals surface area contributed by atoms with Gasteiger partial charge in [0.05, 0.1) is 17.3 Å². The molecule has 2 aromatic carbocycles. The first kappa shape index (κ1) is 15.1. The van der Waals surface area contributed by atoms with Gasteiger partial charge in [0.25, 0.3) is 0 Å². The van der Waals surface area contributed by atoms with Gasteiger partial charge in [-0.2, -0.15) is 0 Å². The Kier molecular flexibility index (Phi) is 5.26. The summed E-state index contributed by atoms with van der Waals surface area (Å²) in [5, 5.41) is 0. The molecule has 0 amide bonds. The molecule has 4 heteroatoms. The highest BCUT2D eigenvalue weighted by Gasteiger charge is 2.09. The fraction of sp³-hybridized carbons (Fsp3) is 0.188. The first-order valence-corrected chi connectivity index (χ1v) is 7.94. The van der Waals surface area contributed by atoms with Crippen LogP contribution < -0.4 is 4.74 Å². The van der Waals surface area contributed by atoms with Gasteiger partial charge in [-0.25, -0.2) is 0 Å². The number of ether oxygens (including phenoxy) is 1. The lowest BCUT2D eigenvalue weighted by atomic mass is 10.1. The Balaban J connectivity index is 2.03. The van der Waals surface area contributed by atoms with Crippen molar-refractivity contribution in [1.29, 1.82) is 0 Å². The van der Waals surface area contributed by atoms with Crippen molar-refractivity contribution in [1.82, 2.24) is 0 Å². The predicted octanol–water partition coefficient (Wildman–Crippen LogP) is 4.74. The third-order valence-electron chi connectivity index (χ3n) is 2.83. The highest BCUT2D eigenvalue weighted by Crippen LogP contribution is 2.27. The molecule has 0 spiro atoms. The van der Waals surface area contributed by atoms with E-state index in [1.54, 1.807) is 37.1 Å². The maximum atomic E-state index is 12.2. The van der Waals surface area contributed by atoms with E-state index >= 15 is 0 Å². The SMILES string of the molecule is COc1ccc(C(=O)CSc2cccc(C)c2)cc1Br. The predicted molar refractivity (Wildman–Crippen MR) is 86.9 cm³/mol. The Morgan fingerprint density at radius 1 is 1.25 bits per heavy atom. The van der Waals surface area contributed by atoms with Gasteiger partial charge < -0.3 is 4.74 Å². The number of thioether (sulfide) groups is 1. The van der Waals surface area contributed by atoms with Crippen LogP contribution in [-0.2, 0) is 0 Å². The molecule has 2 aromatic rings. The van der Waals surface area contributed by atoms with Gasteiger partial charge in [0, 0.05) is 10.5 Å². The molecule has 2 nitrogen and oxygen atoms in total. The Morgan fingerprint density at radius 2 is 2.05 bits per heavy atom. The van der Waals surface area contributed by atoms with Crippen LogP contribution in [0.3, 0.4) is 0 Å². The zero-order valence-electron chi connectivity index (χ0n) is 11.4. The maximum absolute atomic E-state index is 12.2. The highest BCUT2D eigenvalue weighted by molar-refractivity contribution is 9.10. The molecule has 0 bridgehead atoms. The topological polar surface area (TPSA) is 26.3 Å². The molecule has 0 aliphatic heterocycles. The van der Waals surface area contributed by atoms with E-state index in [1.807, 2.05) is 25.1 Å². The Morgan fingerprint density at radius 3 is 2.70 bits per heavy atom. The molecule has 0 aliphatic carbocycles. The molecule has 104 valence electrons. The molecule has 0 fully saturated rings. The normalized spacial score (nSPS) is 10.3. The maximum Gasteiger partial charge on any atom is 0.173 e. The largest absolute Gasteiger partial charge is 0.496 e. The van der Waals surface area contributed by atoms with E-state index in [4.69, 9.17) is 4.74 Å². The molecule has 0 aromatic heterocycles. The fourth-order valence-corrected chi connectivity index (χ4v) is 3.23. The number of benzene rings is 2. The van der Waals surface area contributed by atoms with Crippen molar-refractivity contribution in [3.8, 4) is 5.75 Å². The lowest BCUT2D eigenvalue weighted by molar-refractivity contribution is 0.102. The van der Waals surface area contributed by atoms with Crippen molar-refractivity contribution < 1.29 is 9.53 Å². The number of ketones is 1. The fourth-order valence-electron chi connectivity index (χ4n) is 1.78. The van der Waals surface area contributed by atoms with E-state index < -0.39 is 0 Å². The van der Waals surface area contributed by atoms with Gasteiger partial charge in [0.2, 0.25) is 0 Å². The van der Waals surface area contributed by atoms with Crippen LogP contribution in [0, 0.1) is 6.92 Å². The van der Waals surface area contributed by atoms with Crippen LogP contribution in [0.2, 0.25) is 0 Å². The van der Waals surface area contributed by atoms with E-state index in [0.717, 1.165) is 15.1 Å². The minimum atomic E-state index is 0.111. The number of aryl methyl sites for hydroxylation is 1. The van der Waals surface area contributed by atoms with Gasteiger partial charge >= 0.3 is 0 Å². The smallest absolute Gasteiger partial charge is 0.173 e. The van der Waals surface area contributed by atoms with Crippen LogP contribution in [-0.4, -0.2) is 18.6 Å². The molecule has 0 saturated heterocycles. The molecule has 0 unspecified atom stereocenters. The first-order chi connectivity index (χ1) is 9.60.